The molecule has 178 valence electrons. The van der Waals surface area contributed by atoms with E-state index < -0.39 is 47.3 Å². The Labute approximate surface area is 177 Å². The highest BCUT2D eigenvalue weighted by Crippen LogP contribution is 2.62. The van der Waals surface area contributed by atoms with E-state index in [9.17, 15) is 36.2 Å². The molecule has 0 aromatic carbocycles. The molecular weight excluding hydrogens is 426 g/mol. The van der Waals surface area contributed by atoms with Crippen LogP contribution in [0.2, 0.25) is 0 Å². The summed E-state index contributed by atoms with van der Waals surface area (Å²) >= 11 is 0. The molecule has 9 heteroatoms. The summed E-state index contributed by atoms with van der Waals surface area (Å²) in [5, 5.41) is 10.2. The molecule has 1 N–H and O–H groups in total. The van der Waals surface area contributed by atoms with E-state index in [4.69, 9.17) is 4.74 Å². The van der Waals surface area contributed by atoms with Crippen molar-refractivity contribution < 1.29 is 41.0 Å². The molecule has 9 unspecified atom stereocenters. The van der Waals surface area contributed by atoms with Crippen LogP contribution in [0.15, 0.2) is 0 Å². The highest BCUT2D eigenvalue weighted by Gasteiger charge is 2.77. The molecule has 31 heavy (non-hydrogen) atoms. The van der Waals surface area contributed by atoms with Gasteiger partial charge in [-0.2, -0.15) is 26.3 Å². The van der Waals surface area contributed by atoms with Crippen LogP contribution in [0.3, 0.4) is 0 Å². The van der Waals surface area contributed by atoms with E-state index in [1.807, 2.05) is 6.92 Å². The maximum atomic E-state index is 13.8. The molecule has 0 aromatic rings. The maximum absolute atomic E-state index is 13.8. The van der Waals surface area contributed by atoms with E-state index >= 15 is 0 Å². The Morgan fingerprint density at radius 3 is 2.00 bits per heavy atom. The SMILES string of the molecule is CC1C2CC(C1C)C(C)(C(=O)OC(C1CC3CCC1C3)C(O)(C(F)(F)F)C(F)(F)F)C2. The van der Waals surface area contributed by atoms with E-state index in [0.29, 0.717) is 25.2 Å². The van der Waals surface area contributed by atoms with Crippen LogP contribution in [0.4, 0.5) is 26.3 Å². The van der Waals surface area contributed by atoms with Gasteiger partial charge in [0.2, 0.25) is 0 Å². The molecule has 0 spiro atoms. The third-order valence-corrected chi connectivity index (χ3v) is 9.43. The van der Waals surface area contributed by atoms with Crippen molar-refractivity contribution >= 4 is 5.97 Å². The van der Waals surface area contributed by atoms with Crippen molar-refractivity contribution in [3.63, 3.8) is 0 Å². The summed E-state index contributed by atoms with van der Waals surface area (Å²) < 4.78 is 87.8. The zero-order valence-corrected chi connectivity index (χ0v) is 17.9. The van der Waals surface area contributed by atoms with Gasteiger partial charge in [0.15, 0.2) is 6.10 Å². The van der Waals surface area contributed by atoms with Gasteiger partial charge in [0.05, 0.1) is 5.41 Å². The van der Waals surface area contributed by atoms with Crippen molar-refractivity contribution in [1.82, 2.24) is 0 Å². The Kier molecular flexibility index (Phi) is 5.24. The summed E-state index contributed by atoms with van der Waals surface area (Å²) in [4.78, 5) is 13.2. The van der Waals surface area contributed by atoms with Crippen LogP contribution in [-0.4, -0.2) is 35.1 Å². The summed E-state index contributed by atoms with van der Waals surface area (Å²) in [6, 6.07) is 0. The number of hydrogen-bond acceptors (Lipinski definition) is 3. The second-order valence-electron chi connectivity index (χ2n) is 10.9. The van der Waals surface area contributed by atoms with Crippen LogP contribution in [-0.2, 0) is 9.53 Å². The second kappa shape index (κ2) is 7.00. The summed E-state index contributed by atoms with van der Waals surface area (Å²) in [7, 11) is 0. The van der Waals surface area contributed by atoms with E-state index in [1.165, 1.54) is 0 Å². The third-order valence-electron chi connectivity index (χ3n) is 9.43. The molecule has 4 bridgehead atoms. The molecule has 0 radical (unpaired) electrons. The average molecular weight is 456 g/mol. The number of carbonyl (C=O) groups is 1. The molecule has 4 saturated carbocycles. The van der Waals surface area contributed by atoms with Crippen molar-refractivity contribution in [1.29, 1.82) is 0 Å². The molecule has 4 aliphatic rings. The molecule has 3 nitrogen and oxygen atoms in total. The molecule has 0 amide bonds. The molecule has 0 saturated heterocycles. The predicted octanol–water partition coefficient (Wildman–Crippen LogP) is 5.51. The van der Waals surface area contributed by atoms with Crippen LogP contribution in [0, 0.1) is 46.8 Å². The second-order valence-corrected chi connectivity index (χ2v) is 10.9. The Balaban J connectivity index is 1.68. The molecule has 4 rings (SSSR count). The number of fused-ring (bicyclic) bond motifs is 4. The molecule has 0 aliphatic heterocycles. The predicted molar refractivity (Wildman–Crippen MR) is 98.5 cm³/mol. The molecule has 0 aromatic heterocycles. The molecule has 4 aliphatic carbocycles. The largest absolute Gasteiger partial charge is 0.458 e. The Morgan fingerprint density at radius 2 is 1.58 bits per heavy atom. The van der Waals surface area contributed by atoms with E-state index in [-0.39, 0.29) is 30.1 Å². The Bertz CT molecular complexity index is 718. The standard InChI is InChI=1S/C22H30F6O3/c1-10-11(2)16-8-14(10)9-19(16,3)18(29)31-17(15-7-12-4-5-13(15)6-12)20(30,21(23,24)25)22(26,27)28/h10-17,30H,4-9H2,1-3H3. The monoisotopic (exact) mass is 456 g/mol. The number of esters is 1. The highest BCUT2D eigenvalue weighted by molar-refractivity contribution is 5.78. The van der Waals surface area contributed by atoms with Gasteiger partial charge in [0.25, 0.3) is 5.60 Å². The number of rotatable bonds is 4. The highest BCUT2D eigenvalue weighted by atomic mass is 19.4. The number of aliphatic hydroxyl groups is 1. The van der Waals surface area contributed by atoms with Crippen molar-refractivity contribution in [2.75, 3.05) is 0 Å². The van der Waals surface area contributed by atoms with Gasteiger partial charge in [-0.25, -0.2) is 0 Å². The minimum absolute atomic E-state index is 0.0147. The third kappa shape index (κ3) is 3.22. The number of carbonyl (C=O) groups excluding carboxylic acids is 1. The Morgan fingerprint density at radius 1 is 0.968 bits per heavy atom. The lowest BCUT2D eigenvalue weighted by Gasteiger charge is -2.45. The lowest BCUT2D eigenvalue weighted by Crippen LogP contribution is -2.68. The van der Waals surface area contributed by atoms with E-state index in [0.717, 1.165) is 12.8 Å². The van der Waals surface area contributed by atoms with Gasteiger partial charge in [0, 0.05) is 5.92 Å². The van der Waals surface area contributed by atoms with Gasteiger partial charge in [-0.05, 0) is 74.5 Å². The zero-order chi connectivity index (χ0) is 23.1. The van der Waals surface area contributed by atoms with Crippen LogP contribution >= 0.6 is 0 Å². The van der Waals surface area contributed by atoms with E-state index in [2.05, 4.69) is 6.92 Å². The molecule has 4 fully saturated rings. The summed E-state index contributed by atoms with van der Waals surface area (Å²) in [6.07, 6.45) is -11.8. The molecule has 0 heterocycles. The minimum atomic E-state index is -6.02. The van der Waals surface area contributed by atoms with Gasteiger partial charge in [-0.3, -0.25) is 4.79 Å². The number of ether oxygens (including phenoxy) is 1. The topological polar surface area (TPSA) is 46.5 Å². The first-order chi connectivity index (χ1) is 14.1. The average Bonchev–Trinajstić information content (AvgIpc) is 3.40. The van der Waals surface area contributed by atoms with Crippen LogP contribution < -0.4 is 0 Å². The number of alkyl halides is 6. The normalized spacial score (nSPS) is 43.5. The minimum Gasteiger partial charge on any atom is -0.458 e. The zero-order valence-electron chi connectivity index (χ0n) is 17.9. The Hall–Kier alpha value is -0.990. The summed E-state index contributed by atoms with van der Waals surface area (Å²) in [5.74, 6) is -2.07. The van der Waals surface area contributed by atoms with Crippen LogP contribution in [0.1, 0.15) is 59.3 Å². The lowest BCUT2D eigenvalue weighted by molar-refractivity contribution is -0.397. The van der Waals surface area contributed by atoms with E-state index in [1.54, 1.807) is 6.92 Å². The van der Waals surface area contributed by atoms with Gasteiger partial charge < -0.3 is 9.84 Å². The first kappa shape index (κ1) is 23.2. The molecule has 9 atom stereocenters. The first-order valence-corrected chi connectivity index (χ1v) is 11.2. The molecular formula is C22H30F6O3. The first-order valence-electron chi connectivity index (χ1n) is 11.2. The number of hydrogen-bond donors (Lipinski definition) is 1. The fourth-order valence-corrected chi connectivity index (χ4v) is 7.47. The van der Waals surface area contributed by atoms with Gasteiger partial charge in [0.1, 0.15) is 0 Å². The van der Waals surface area contributed by atoms with Crippen molar-refractivity contribution in [2.45, 2.75) is 83.4 Å². The summed E-state index contributed by atoms with van der Waals surface area (Å²) in [5.41, 5.74) is -6.22. The quantitative estimate of drug-likeness (QED) is 0.448. The van der Waals surface area contributed by atoms with Crippen molar-refractivity contribution in [3.8, 4) is 0 Å². The van der Waals surface area contributed by atoms with Crippen molar-refractivity contribution in [2.24, 2.45) is 46.8 Å². The fourth-order valence-electron chi connectivity index (χ4n) is 7.47. The summed E-state index contributed by atoms with van der Waals surface area (Å²) in [6.45, 7) is 5.63. The van der Waals surface area contributed by atoms with Crippen molar-refractivity contribution in [3.05, 3.63) is 0 Å². The fraction of sp³-hybridized carbons (Fsp3) is 0.955. The maximum Gasteiger partial charge on any atom is 0.430 e. The lowest BCUT2D eigenvalue weighted by atomic mass is 9.66. The van der Waals surface area contributed by atoms with Gasteiger partial charge in [-0.1, -0.05) is 20.3 Å². The van der Waals surface area contributed by atoms with Crippen LogP contribution in [0.5, 0.6) is 0 Å². The van der Waals surface area contributed by atoms with Gasteiger partial charge >= 0.3 is 18.3 Å². The smallest absolute Gasteiger partial charge is 0.430 e. The number of halogens is 6. The van der Waals surface area contributed by atoms with Gasteiger partial charge in [-0.15, -0.1) is 0 Å². The van der Waals surface area contributed by atoms with Crippen LogP contribution in [0.25, 0.3) is 0 Å².